The molecule has 12 heteroatoms. The summed E-state index contributed by atoms with van der Waals surface area (Å²) in [6.45, 7) is 2.46. The van der Waals surface area contributed by atoms with E-state index in [1.165, 1.54) is 0 Å². The molecule has 0 amide bonds. The maximum absolute atomic E-state index is 6.95. The van der Waals surface area contributed by atoms with Crippen molar-refractivity contribution in [2.45, 2.75) is 120 Å². The molecule has 384 valence electrons. The monoisotopic (exact) mass is 992 g/mol. The fraction of sp³-hybridized carbons (Fsp3) is 0.377. The average Bonchev–Trinajstić information content (AvgIpc) is 3.90. The van der Waals surface area contributed by atoms with Gasteiger partial charge in [-0.2, -0.15) is 0 Å². The van der Waals surface area contributed by atoms with Gasteiger partial charge >= 0.3 is 0 Å². The van der Waals surface area contributed by atoms with E-state index in [4.69, 9.17) is 56.8 Å². The van der Waals surface area contributed by atoms with Crippen LogP contribution in [0.5, 0.6) is 0 Å². The Morgan fingerprint density at radius 3 is 1.04 bits per heavy atom. The summed E-state index contributed by atoms with van der Waals surface area (Å²) in [4.78, 5) is 0. The summed E-state index contributed by atoms with van der Waals surface area (Å²) in [7, 11) is 3.26. The molecule has 0 unspecified atom stereocenters. The fourth-order valence-electron chi connectivity index (χ4n) is 9.52. The summed E-state index contributed by atoms with van der Waals surface area (Å²) in [5.74, 6) is 0. The predicted molar refractivity (Wildman–Crippen MR) is 275 cm³/mol. The first-order chi connectivity index (χ1) is 36.1. The van der Waals surface area contributed by atoms with Crippen LogP contribution in [-0.4, -0.2) is 101 Å². The second-order valence-electron chi connectivity index (χ2n) is 18.5. The zero-order valence-corrected chi connectivity index (χ0v) is 41.7. The highest BCUT2D eigenvalue weighted by atomic mass is 16.7. The van der Waals surface area contributed by atoms with Crippen molar-refractivity contribution < 1.29 is 56.8 Å². The maximum atomic E-state index is 6.95. The minimum absolute atomic E-state index is 0.197. The number of ether oxygens (including phenoxy) is 12. The fourth-order valence-corrected chi connectivity index (χ4v) is 9.52. The van der Waals surface area contributed by atoms with Crippen LogP contribution >= 0.6 is 0 Å². The smallest absolute Gasteiger partial charge is 0.186 e. The van der Waals surface area contributed by atoms with E-state index < -0.39 is 67.5 Å². The summed E-state index contributed by atoms with van der Waals surface area (Å²) in [5, 5.41) is 0. The molecule has 12 atom stereocenters. The molecule has 6 aromatic rings. The highest BCUT2D eigenvalue weighted by molar-refractivity contribution is 5.18. The lowest BCUT2D eigenvalue weighted by atomic mass is 9.94. The molecular weight excluding hydrogens is 925 g/mol. The van der Waals surface area contributed by atoms with E-state index in [-0.39, 0.29) is 19.3 Å². The normalized spacial score (nSPS) is 27.0. The first-order valence-corrected chi connectivity index (χ1v) is 25.3. The first kappa shape index (κ1) is 52.4. The van der Waals surface area contributed by atoms with Crippen molar-refractivity contribution in [1.82, 2.24) is 0 Å². The summed E-state index contributed by atoms with van der Waals surface area (Å²) in [6.07, 6.45) is -2.51. The third-order valence-corrected chi connectivity index (χ3v) is 13.3. The molecule has 0 spiro atoms. The number of hydrogen-bond donors (Lipinski definition) is 0. The van der Waals surface area contributed by atoms with Crippen molar-refractivity contribution in [2.24, 2.45) is 0 Å². The number of hydrogen-bond acceptors (Lipinski definition) is 12. The van der Waals surface area contributed by atoms with E-state index in [0.717, 1.165) is 33.4 Å². The van der Waals surface area contributed by atoms with Crippen LogP contribution in [0.3, 0.4) is 0 Å². The van der Waals surface area contributed by atoms with Crippen LogP contribution in [0.4, 0.5) is 0 Å². The SMILES string of the molecule is CO[C@H]1O[C@H](COCc2ccccc2)[C@@H](OC[C@H]2C=C[C@H](C[C@H]3O[C@H](OC)[C@H](OCc4ccccc4)[C@@H](OCc4ccccc4)[C@@H]3OCc3ccccc3)O2)[C@H](OCc2ccccc2)[C@H]1OCc1ccccc1. The molecule has 0 saturated carbocycles. The highest BCUT2D eigenvalue weighted by Gasteiger charge is 2.51. The molecule has 12 nitrogen and oxygen atoms in total. The van der Waals surface area contributed by atoms with E-state index in [0.29, 0.717) is 46.1 Å². The summed E-state index contributed by atoms with van der Waals surface area (Å²) in [5.41, 5.74) is 6.15. The van der Waals surface area contributed by atoms with Crippen molar-refractivity contribution in [3.63, 3.8) is 0 Å². The van der Waals surface area contributed by atoms with Crippen LogP contribution in [0.2, 0.25) is 0 Å². The zero-order chi connectivity index (χ0) is 49.9. The quantitative estimate of drug-likeness (QED) is 0.0483. The Morgan fingerprint density at radius 2 is 0.644 bits per heavy atom. The van der Waals surface area contributed by atoms with Crippen molar-refractivity contribution in [1.29, 1.82) is 0 Å². The second kappa shape index (κ2) is 27.8. The maximum Gasteiger partial charge on any atom is 0.186 e. The van der Waals surface area contributed by atoms with Gasteiger partial charge < -0.3 is 56.8 Å². The Morgan fingerprint density at radius 1 is 0.315 bits per heavy atom. The first-order valence-electron chi connectivity index (χ1n) is 25.3. The predicted octanol–water partition coefficient (Wildman–Crippen LogP) is 9.97. The van der Waals surface area contributed by atoms with E-state index in [2.05, 4.69) is 30.3 Å². The van der Waals surface area contributed by atoms with Gasteiger partial charge in [0.05, 0.1) is 71.2 Å². The molecule has 2 saturated heterocycles. The molecule has 9 rings (SSSR count). The van der Waals surface area contributed by atoms with Gasteiger partial charge in [0.2, 0.25) is 0 Å². The van der Waals surface area contributed by atoms with Crippen molar-refractivity contribution in [3.8, 4) is 0 Å². The number of benzene rings is 6. The van der Waals surface area contributed by atoms with Gasteiger partial charge in [-0.3, -0.25) is 0 Å². The molecule has 3 aliphatic heterocycles. The van der Waals surface area contributed by atoms with E-state index in [9.17, 15) is 0 Å². The lowest BCUT2D eigenvalue weighted by Crippen LogP contribution is -2.62. The van der Waals surface area contributed by atoms with Gasteiger partial charge in [-0.25, -0.2) is 0 Å². The molecule has 2 fully saturated rings. The molecule has 73 heavy (non-hydrogen) atoms. The van der Waals surface area contributed by atoms with Crippen molar-refractivity contribution in [2.75, 3.05) is 27.4 Å². The van der Waals surface area contributed by atoms with Crippen LogP contribution < -0.4 is 0 Å². The molecule has 0 N–H and O–H groups in total. The minimum Gasteiger partial charge on any atom is -0.374 e. The van der Waals surface area contributed by atoms with Gasteiger partial charge in [0.1, 0.15) is 42.7 Å². The second-order valence-corrected chi connectivity index (χ2v) is 18.5. The Hall–Kier alpha value is -5.42. The van der Waals surface area contributed by atoms with Crippen molar-refractivity contribution in [3.05, 3.63) is 228 Å². The molecule has 6 aromatic carbocycles. The lowest BCUT2D eigenvalue weighted by Gasteiger charge is -2.46. The van der Waals surface area contributed by atoms with Gasteiger partial charge in [0.15, 0.2) is 12.6 Å². The Kier molecular flexibility index (Phi) is 19.9. The average molecular weight is 993 g/mol. The largest absolute Gasteiger partial charge is 0.374 e. The highest BCUT2D eigenvalue weighted by Crippen LogP contribution is 2.35. The zero-order valence-electron chi connectivity index (χ0n) is 41.7. The van der Waals surface area contributed by atoms with Crippen LogP contribution in [0.15, 0.2) is 194 Å². The molecule has 3 heterocycles. The molecule has 0 bridgehead atoms. The molecule has 3 aliphatic rings. The number of rotatable bonds is 26. The van der Waals surface area contributed by atoms with Gasteiger partial charge in [0.25, 0.3) is 0 Å². The molecule has 0 aromatic heterocycles. The topological polar surface area (TPSA) is 111 Å². The van der Waals surface area contributed by atoms with Crippen LogP contribution in [0, 0.1) is 0 Å². The Bertz CT molecular complexity index is 2470. The lowest BCUT2D eigenvalue weighted by molar-refractivity contribution is -0.324. The third-order valence-electron chi connectivity index (χ3n) is 13.3. The molecule has 0 aliphatic carbocycles. The molecular formula is C61H68O12. The van der Waals surface area contributed by atoms with Gasteiger partial charge in [-0.1, -0.05) is 194 Å². The van der Waals surface area contributed by atoms with E-state index >= 15 is 0 Å². The van der Waals surface area contributed by atoms with Gasteiger partial charge in [0, 0.05) is 20.6 Å². The Balaban J connectivity index is 0.932. The van der Waals surface area contributed by atoms with Crippen LogP contribution in [0.25, 0.3) is 0 Å². The van der Waals surface area contributed by atoms with Gasteiger partial charge in [-0.05, 0) is 33.4 Å². The van der Waals surface area contributed by atoms with Gasteiger partial charge in [-0.15, -0.1) is 0 Å². The Labute approximate surface area is 429 Å². The summed E-state index contributed by atoms with van der Waals surface area (Å²) < 4.78 is 79.7. The van der Waals surface area contributed by atoms with E-state index in [1.807, 2.05) is 164 Å². The minimum atomic E-state index is -0.769. The van der Waals surface area contributed by atoms with E-state index in [1.54, 1.807) is 14.2 Å². The molecule has 0 radical (unpaired) electrons. The summed E-state index contributed by atoms with van der Waals surface area (Å²) in [6, 6.07) is 60.4. The van der Waals surface area contributed by atoms with Crippen LogP contribution in [-0.2, 0) is 96.5 Å². The van der Waals surface area contributed by atoms with Crippen LogP contribution in [0.1, 0.15) is 39.8 Å². The van der Waals surface area contributed by atoms with Crippen molar-refractivity contribution >= 4 is 0 Å². The summed E-state index contributed by atoms with van der Waals surface area (Å²) >= 11 is 0. The third kappa shape index (κ3) is 15.1. The standard InChI is InChI=1S/C61H68O12/c1-62-60-58(68-40-48-29-17-7-18-30-48)56(66-38-46-25-13-5-14-26-46)54(65-37-45-23-11-4-12-24-45)52(72-60)35-50-33-34-51(71-50)42-70-55-53(43-64-36-44-21-9-3-10-22-44)73-61(63-2)59(69-41-49-31-19-8-20-32-49)57(55)67-39-47-27-15-6-16-28-47/h3-34,50-61H,35-43H2,1-2H3/t50-,51-,52-,53-,54-,55-,56+,57+,58-,59-,60+,61+/m1/s1. The number of methoxy groups -OCH3 is 2.